The van der Waals surface area contributed by atoms with Crippen LogP contribution in [0.5, 0.6) is 5.75 Å². The number of esters is 2. The molecule has 49 heavy (non-hydrogen) atoms. The molecule has 0 radical (unpaired) electrons. The van der Waals surface area contributed by atoms with Gasteiger partial charge in [-0.25, -0.2) is 4.79 Å². The van der Waals surface area contributed by atoms with Gasteiger partial charge in [0.2, 0.25) is 0 Å². The Kier molecular flexibility index (Phi) is 11.0. The van der Waals surface area contributed by atoms with Crippen molar-refractivity contribution < 1.29 is 24.0 Å². The number of hydrogen-bond acceptors (Lipinski definition) is 7. The minimum atomic E-state index is -0.588. The number of nitro groups is 1. The van der Waals surface area contributed by atoms with Crippen LogP contribution in [0.15, 0.2) is 59.6 Å². The number of carbonyl (C=O) groups is 2. The first kappa shape index (κ1) is 35.8. The summed E-state index contributed by atoms with van der Waals surface area (Å²) >= 11 is 0.424. The van der Waals surface area contributed by atoms with Gasteiger partial charge in [-0.3, -0.25) is 4.79 Å². The Labute approximate surface area is 297 Å². The van der Waals surface area contributed by atoms with Gasteiger partial charge >= 0.3 is 163 Å². The molecule has 1 heterocycles. The maximum atomic E-state index is 12.9. The molecule has 2 fully saturated rings. The second kappa shape index (κ2) is 15.1. The summed E-state index contributed by atoms with van der Waals surface area (Å²) in [7, 11) is 0. The van der Waals surface area contributed by atoms with E-state index in [1.54, 1.807) is 12.1 Å². The Morgan fingerprint density at radius 1 is 1.04 bits per heavy atom. The van der Waals surface area contributed by atoms with Crippen molar-refractivity contribution in [3.8, 4) is 5.75 Å². The van der Waals surface area contributed by atoms with Gasteiger partial charge in [0, 0.05) is 12.3 Å². The Hall–Kier alpha value is -3.00. The summed E-state index contributed by atoms with van der Waals surface area (Å²) in [6.07, 6.45) is 11.9. The number of carbonyl (C=O) groups excluding carboxylic acids is 2. The SMILES string of the molecule is CC(=O)O[C@H]1CCC2C3C(CC[C@@]21C)c1ccc(OC(=O)c2ccccc2)cc1C[C@H]3CC(CCCCCCN1[Se]C=CC1(C)C)[N+](=O)[O-]. The molecule has 3 aliphatic carbocycles. The van der Waals surface area contributed by atoms with Crippen molar-refractivity contribution in [2.24, 2.45) is 23.2 Å². The monoisotopic (exact) mass is 736 g/mol. The second-order valence-corrected chi connectivity index (χ2v) is 17.6. The normalized spacial score (nSPS) is 29.0. The molecule has 2 aromatic carbocycles. The molecule has 264 valence electrons. The summed E-state index contributed by atoms with van der Waals surface area (Å²) in [6, 6.07) is 14.4. The van der Waals surface area contributed by atoms with Gasteiger partial charge in [-0.1, -0.05) is 31.2 Å². The first-order chi connectivity index (χ1) is 23.5. The summed E-state index contributed by atoms with van der Waals surface area (Å²) in [5.41, 5.74) is 2.95. The number of ether oxygens (including phenoxy) is 2. The van der Waals surface area contributed by atoms with Crippen molar-refractivity contribution >= 4 is 27.1 Å². The average Bonchev–Trinajstić information content (AvgIpc) is 3.58. The average molecular weight is 736 g/mol. The molecule has 4 unspecified atom stereocenters. The van der Waals surface area contributed by atoms with Crippen LogP contribution in [0.4, 0.5) is 0 Å². The predicted octanol–water partition coefficient (Wildman–Crippen LogP) is 8.13. The van der Waals surface area contributed by atoms with Gasteiger partial charge in [0.05, 0.1) is 5.56 Å². The van der Waals surface area contributed by atoms with E-state index in [9.17, 15) is 19.7 Å². The van der Waals surface area contributed by atoms with E-state index in [0.29, 0.717) is 45.2 Å². The number of unbranched alkanes of at least 4 members (excludes halogenated alkanes) is 3. The zero-order valence-corrected chi connectivity index (χ0v) is 31.2. The van der Waals surface area contributed by atoms with Crippen molar-refractivity contribution in [1.29, 1.82) is 0 Å². The van der Waals surface area contributed by atoms with Crippen molar-refractivity contribution in [3.63, 3.8) is 0 Å². The molecule has 0 bridgehead atoms. The van der Waals surface area contributed by atoms with Gasteiger partial charge in [0.15, 0.2) is 0 Å². The summed E-state index contributed by atoms with van der Waals surface area (Å²) in [5, 5.41) is 12.6. The van der Waals surface area contributed by atoms with Crippen LogP contribution < -0.4 is 4.74 Å². The Balaban J connectivity index is 1.18. The summed E-state index contributed by atoms with van der Waals surface area (Å²) in [5.74, 6) is 0.917. The molecule has 7 atom stereocenters. The van der Waals surface area contributed by atoms with Crippen molar-refractivity contribution in [2.45, 2.75) is 122 Å². The molecule has 0 saturated heterocycles. The van der Waals surface area contributed by atoms with Crippen molar-refractivity contribution in [3.05, 3.63) is 86.4 Å². The van der Waals surface area contributed by atoms with Gasteiger partial charge in [-0.2, -0.15) is 0 Å². The third-order valence-electron chi connectivity index (χ3n) is 12.1. The first-order valence-corrected chi connectivity index (χ1v) is 20.0. The Morgan fingerprint density at radius 3 is 2.53 bits per heavy atom. The standard InChI is InChI=1S/C40H52N2O6Se/c1-27(43)47-36-18-17-35-37-30(25-31(42(45)46)14-10-5-6-11-22-41-39(2,3)21-23-49-41)24-29-26-32(48-38(44)28-12-8-7-9-13-28)15-16-33(29)34(37)19-20-40(35,36)4/h7-9,12-13,15-16,21,23,26,30-31,34-37H,5-6,10-11,14,17-20,22,24-25H2,1-4H3/t30-,31?,34?,35?,36-,37?,40-/m0/s1. The topological polar surface area (TPSA) is 99.0 Å². The zero-order chi connectivity index (χ0) is 34.8. The molecule has 2 saturated carbocycles. The molecular weight excluding hydrogens is 683 g/mol. The van der Waals surface area contributed by atoms with E-state index < -0.39 is 12.0 Å². The van der Waals surface area contributed by atoms with Gasteiger partial charge in [0.25, 0.3) is 0 Å². The molecule has 1 aliphatic heterocycles. The fourth-order valence-corrected chi connectivity index (χ4v) is 11.9. The van der Waals surface area contributed by atoms with E-state index in [0.717, 1.165) is 69.9 Å². The summed E-state index contributed by atoms with van der Waals surface area (Å²) in [6.45, 7) is 9.41. The van der Waals surface area contributed by atoms with E-state index in [4.69, 9.17) is 9.47 Å². The van der Waals surface area contributed by atoms with Gasteiger partial charge < -0.3 is 9.47 Å². The fraction of sp³-hybridized carbons (Fsp3) is 0.600. The Morgan fingerprint density at radius 2 is 1.82 bits per heavy atom. The molecule has 0 spiro atoms. The fourth-order valence-electron chi connectivity index (χ4n) is 9.62. The molecular formula is C40H52N2O6Se. The van der Waals surface area contributed by atoms with Crippen LogP contribution in [-0.4, -0.2) is 60.2 Å². The number of benzene rings is 2. The first-order valence-electron chi connectivity index (χ1n) is 18.3. The summed E-state index contributed by atoms with van der Waals surface area (Å²) in [4.78, 5) is 39.8. The second-order valence-electron chi connectivity index (χ2n) is 15.6. The quantitative estimate of drug-likeness (QED) is 0.0512. The minimum absolute atomic E-state index is 0.0259. The molecule has 0 amide bonds. The van der Waals surface area contributed by atoms with Gasteiger partial charge in [-0.05, 0) is 55.5 Å². The molecule has 0 aromatic heterocycles. The number of hydrogen-bond donors (Lipinski definition) is 0. The van der Waals surface area contributed by atoms with Crippen molar-refractivity contribution in [1.82, 2.24) is 3.92 Å². The van der Waals surface area contributed by atoms with E-state index in [1.807, 2.05) is 30.3 Å². The number of nitrogens with zero attached hydrogens (tertiary/aromatic N) is 2. The molecule has 8 nitrogen and oxygen atoms in total. The maximum absolute atomic E-state index is 12.9. The van der Waals surface area contributed by atoms with Crippen LogP contribution in [-0.2, 0) is 16.0 Å². The molecule has 2 aromatic rings. The van der Waals surface area contributed by atoms with Crippen LogP contribution in [0.2, 0.25) is 0 Å². The molecule has 6 rings (SSSR count). The van der Waals surface area contributed by atoms with Crippen molar-refractivity contribution in [2.75, 3.05) is 6.54 Å². The predicted molar refractivity (Wildman–Crippen MR) is 191 cm³/mol. The van der Waals surface area contributed by atoms with Crippen LogP contribution in [0.3, 0.4) is 0 Å². The summed E-state index contributed by atoms with van der Waals surface area (Å²) < 4.78 is 14.3. The van der Waals surface area contributed by atoms with Crippen LogP contribution in [0, 0.1) is 33.3 Å². The zero-order valence-electron chi connectivity index (χ0n) is 29.5. The number of fused-ring (bicyclic) bond motifs is 5. The van der Waals surface area contributed by atoms with E-state index in [1.165, 1.54) is 12.5 Å². The van der Waals surface area contributed by atoms with E-state index in [2.05, 4.69) is 41.8 Å². The van der Waals surface area contributed by atoms with Crippen LogP contribution in [0.25, 0.3) is 0 Å². The van der Waals surface area contributed by atoms with Gasteiger partial charge in [0.1, 0.15) is 11.9 Å². The third-order valence-corrected chi connectivity index (χ3v) is 14.6. The number of rotatable bonds is 13. The van der Waals surface area contributed by atoms with Gasteiger partial charge in [-0.15, -0.1) is 0 Å². The molecule has 9 heteroatoms. The van der Waals surface area contributed by atoms with Crippen LogP contribution >= 0.6 is 0 Å². The van der Waals surface area contributed by atoms with E-state index >= 15 is 0 Å². The third kappa shape index (κ3) is 7.84. The molecule has 0 N–H and O–H groups in total. The Bertz CT molecular complexity index is 1540. The van der Waals surface area contributed by atoms with Crippen LogP contribution in [0.1, 0.15) is 119 Å². The molecule has 4 aliphatic rings. The van der Waals surface area contributed by atoms with E-state index in [-0.39, 0.29) is 45.7 Å².